The molecule has 0 bridgehead atoms. The second-order valence-corrected chi connectivity index (χ2v) is 6.26. The summed E-state index contributed by atoms with van der Waals surface area (Å²) >= 11 is 0.880. The number of imidazole rings is 1. The molecule has 0 saturated heterocycles. The number of hydrogen-bond donors (Lipinski definition) is 0. The SMILES string of the molecule is CCOC(=O)[C@@H](Sc1nnc(-c2c(C)nc3ccccn23)o1)C(C)=O. The summed E-state index contributed by atoms with van der Waals surface area (Å²) in [5, 5.41) is 7.04. The minimum atomic E-state index is -1.03. The van der Waals surface area contributed by atoms with E-state index in [0.29, 0.717) is 5.69 Å². The summed E-state index contributed by atoms with van der Waals surface area (Å²) in [6.45, 7) is 5.04. The highest BCUT2D eigenvalue weighted by atomic mass is 32.2. The quantitative estimate of drug-likeness (QED) is 0.375. The van der Waals surface area contributed by atoms with Gasteiger partial charge in [-0.1, -0.05) is 6.07 Å². The number of fused-ring (bicyclic) bond motifs is 1. The molecule has 0 aliphatic rings. The lowest BCUT2D eigenvalue weighted by molar-refractivity contribution is -0.144. The maximum atomic E-state index is 11.9. The molecular formula is C16H16N4O4S. The highest BCUT2D eigenvalue weighted by Gasteiger charge is 2.29. The summed E-state index contributed by atoms with van der Waals surface area (Å²) in [6.07, 6.45) is 1.85. The van der Waals surface area contributed by atoms with Gasteiger partial charge in [0.25, 0.3) is 11.1 Å². The van der Waals surface area contributed by atoms with Gasteiger partial charge in [-0.05, 0) is 44.7 Å². The second-order valence-electron chi connectivity index (χ2n) is 5.21. The van der Waals surface area contributed by atoms with Gasteiger partial charge in [0.05, 0.1) is 12.3 Å². The van der Waals surface area contributed by atoms with Gasteiger partial charge in [-0.25, -0.2) is 4.98 Å². The third-order valence-electron chi connectivity index (χ3n) is 3.40. The van der Waals surface area contributed by atoms with Crippen molar-refractivity contribution < 1.29 is 18.7 Å². The average molecular weight is 360 g/mol. The van der Waals surface area contributed by atoms with Crippen molar-refractivity contribution in [2.45, 2.75) is 31.2 Å². The Morgan fingerprint density at radius 1 is 1.36 bits per heavy atom. The van der Waals surface area contributed by atoms with E-state index in [1.54, 1.807) is 6.92 Å². The Bertz CT molecular complexity index is 933. The number of thioether (sulfide) groups is 1. The van der Waals surface area contributed by atoms with E-state index in [0.717, 1.165) is 23.1 Å². The number of Topliss-reactive ketones (excluding diaryl/α,β-unsaturated/α-hetero) is 1. The predicted molar refractivity (Wildman–Crippen MR) is 90.2 cm³/mol. The van der Waals surface area contributed by atoms with E-state index in [1.807, 2.05) is 35.7 Å². The van der Waals surface area contributed by atoms with Gasteiger partial charge < -0.3 is 9.15 Å². The highest BCUT2D eigenvalue weighted by Crippen LogP contribution is 2.29. The number of nitrogens with zero attached hydrogens (tertiary/aromatic N) is 4. The number of pyridine rings is 1. The van der Waals surface area contributed by atoms with E-state index < -0.39 is 11.2 Å². The third kappa shape index (κ3) is 3.41. The van der Waals surface area contributed by atoms with Gasteiger partial charge in [-0.2, -0.15) is 0 Å². The fourth-order valence-electron chi connectivity index (χ4n) is 2.34. The molecule has 0 saturated carbocycles. The summed E-state index contributed by atoms with van der Waals surface area (Å²) in [5.74, 6) is -0.690. The Hall–Kier alpha value is -2.68. The van der Waals surface area contributed by atoms with Crippen LogP contribution < -0.4 is 0 Å². The zero-order valence-corrected chi connectivity index (χ0v) is 14.7. The first-order chi connectivity index (χ1) is 12.0. The number of ketones is 1. The molecule has 3 rings (SSSR count). The van der Waals surface area contributed by atoms with Gasteiger partial charge in [0.1, 0.15) is 11.3 Å². The fourth-order valence-corrected chi connectivity index (χ4v) is 3.09. The Kier molecular flexibility index (Phi) is 4.84. The van der Waals surface area contributed by atoms with E-state index in [2.05, 4.69) is 15.2 Å². The Balaban J connectivity index is 1.90. The summed E-state index contributed by atoms with van der Waals surface area (Å²) in [6, 6.07) is 5.63. The monoisotopic (exact) mass is 360 g/mol. The number of aryl methyl sites for hydroxylation is 1. The van der Waals surface area contributed by atoms with Gasteiger partial charge >= 0.3 is 5.97 Å². The van der Waals surface area contributed by atoms with Crippen LogP contribution in [0.15, 0.2) is 34.0 Å². The van der Waals surface area contributed by atoms with Crippen LogP contribution in [-0.4, -0.2) is 43.2 Å². The van der Waals surface area contributed by atoms with Crippen LogP contribution in [0.2, 0.25) is 0 Å². The molecule has 3 aromatic rings. The smallest absolute Gasteiger partial charge is 0.327 e. The molecule has 25 heavy (non-hydrogen) atoms. The molecule has 3 aromatic heterocycles. The summed E-state index contributed by atoms with van der Waals surface area (Å²) < 4.78 is 12.4. The number of carbonyl (C=O) groups is 2. The van der Waals surface area contributed by atoms with Gasteiger partial charge in [-0.15, -0.1) is 10.2 Å². The van der Waals surface area contributed by atoms with Crippen molar-refractivity contribution in [1.82, 2.24) is 19.6 Å². The lowest BCUT2D eigenvalue weighted by Crippen LogP contribution is -2.27. The van der Waals surface area contributed by atoms with Crippen LogP contribution in [0.1, 0.15) is 19.5 Å². The second kappa shape index (κ2) is 7.06. The summed E-state index contributed by atoms with van der Waals surface area (Å²) in [4.78, 5) is 28.0. The number of aromatic nitrogens is 4. The molecule has 0 spiro atoms. The maximum absolute atomic E-state index is 11.9. The molecular weight excluding hydrogens is 344 g/mol. The molecule has 0 amide bonds. The van der Waals surface area contributed by atoms with E-state index in [4.69, 9.17) is 9.15 Å². The molecule has 1 atom stereocenters. The van der Waals surface area contributed by atoms with Crippen LogP contribution in [0.3, 0.4) is 0 Å². The number of esters is 1. The minimum Gasteiger partial charge on any atom is -0.465 e. The van der Waals surface area contributed by atoms with Crippen LogP contribution in [-0.2, 0) is 14.3 Å². The van der Waals surface area contributed by atoms with Gasteiger partial charge in [-0.3, -0.25) is 14.0 Å². The first-order valence-corrected chi connectivity index (χ1v) is 8.50. The number of carbonyl (C=O) groups excluding carboxylic acids is 2. The van der Waals surface area contributed by atoms with Crippen LogP contribution in [0.4, 0.5) is 0 Å². The largest absolute Gasteiger partial charge is 0.465 e. The Morgan fingerprint density at radius 2 is 2.16 bits per heavy atom. The summed E-state index contributed by atoms with van der Waals surface area (Å²) in [7, 11) is 0. The zero-order chi connectivity index (χ0) is 18.0. The van der Waals surface area contributed by atoms with Crippen LogP contribution >= 0.6 is 11.8 Å². The minimum absolute atomic E-state index is 0.119. The third-order valence-corrected chi connectivity index (χ3v) is 4.53. The van der Waals surface area contributed by atoms with Crippen LogP contribution in [0.5, 0.6) is 0 Å². The van der Waals surface area contributed by atoms with Crippen molar-refractivity contribution in [3.63, 3.8) is 0 Å². The maximum Gasteiger partial charge on any atom is 0.327 e. The number of hydrogen-bond acceptors (Lipinski definition) is 8. The van der Waals surface area contributed by atoms with E-state index >= 15 is 0 Å². The molecule has 0 aromatic carbocycles. The van der Waals surface area contributed by atoms with Gasteiger partial charge in [0, 0.05) is 6.20 Å². The molecule has 0 N–H and O–H groups in total. The van der Waals surface area contributed by atoms with Crippen molar-refractivity contribution in [2.75, 3.05) is 6.61 Å². The Labute approximate surface area is 147 Å². The van der Waals surface area contributed by atoms with Gasteiger partial charge in [0.2, 0.25) is 0 Å². The van der Waals surface area contributed by atoms with E-state index in [-0.39, 0.29) is 23.5 Å². The molecule has 0 aliphatic heterocycles. The lowest BCUT2D eigenvalue weighted by atomic mass is 10.3. The molecule has 0 aliphatic carbocycles. The first-order valence-electron chi connectivity index (χ1n) is 7.62. The number of rotatable bonds is 6. The summed E-state index contributed by atoms with van der Waals surface area (Å²) in [5.41, 5.74) is 2.17. The molecule has 0 fully saturated rings. The normalized spacial score (nSPS) is 12.3. The van der Waals surface area contributed by atoms with Crippen molar-refractivity contribution in [1.29, 1.82) is 0 Å². The zero-order valence-electron chi connectivity index (χ0n) is 13.9. The van der Waals surface area contributed by atoms with Crippen LogP contribution in [0.25, 0.3) is 17.2 Å². The average Bonchev–Trinajstić information content (AvgIpc) is 3.15. The van der Waals surface area contributed by atoms with E-state index in [1.165, 1.54) is 6.92 Å². The topological polar surface area (TPSA) is 99.6 Å². The molecule has 3 heterocycles. The Morgan fingerprint density at radius 3 is 2.88 bits per heavy atom. The molecule has 8 nitrogen and oxygen atoms in total. The van der Waals surface area contributed by atoms with Crippen molar-refractivity contribution in [3.8, 4) is 11.6 Å². The van der Waals surface area contributed by atoms with Crippen molar-refractivity contribution >= 4 is 29.2 Å². The fraction of sp³-hybridized carbons (Fsp3) is 0.312. The lowest BCUT2D eigenvalue weighted by Gasteiger charge is -2.09. The predicted octanol–water partition coefficient (Wildman–Crippen LogP) is 2.31. The first kappa shape index (κ1) is 17.2. The van der Waals surface area contributed by atoms with Gasteiger partial charge in [0.15, 0.2) is 11.0 Å². The standard InChI is InChI=1S/C16H16N4O4S/c1-4-23-15(22)13(10(3)21)25-16-19-18-14(24-16)12-9(2)17-11-7-5-6-8-20(11)12/h5-8,13H,4H2,1-3H3/t13-/m0/s1. The van der Waals surface area contributed by atoms with Crippen molar-refractivity contribution in [2.24, 2.45) is 0 Å². The number of ether oxygens (including phenoxy) is 1. The van der Waals surface area contributed by atoms with Crippen molar-refractivity contribution in [3.05, 3.63) is 30.1 Å². The van der Waals surface area contributed by atoms with E-state index in [9.17, 15) is 9.59 Å². The molecule has 0 unspecified atom stereocenters. The van der Waals surface area contributed by atoms with Crippen LogP contribution in [0, 0.1) is 6.92 Å². The molecule has 9 heteroatoms. The molecule has 0 radical (unpaired) electrons. The molecule has 130 valence electrons. The highest BCUT2D eigenvalue weighted by molar-refractivity contribution is 8.01.